The average molecular weight is 290 g/mol. The molecule has 0 aliphatic carbocycles. The summed E-state index contributed by atoms with van der Waals surface area (Å²) in [6, 6.07) is 2.64. The summed E-state index contributed by atoms with van der Waals surface area (Å²) >= 11 is 5.62. The number of hydrogen-bond donors (Lipinski definition) is 0. The summed E-state index contributed by atoms with van der Waals surface area (Å²) in [5.41, 5.74) is 0.533. The van der Waals surface area contributed by atoms with E-state index in [4.69, 9.17) is 11.6 Å². The number of hydrogen-bond acceptors (Lipinski definition) is 1. The van der Waals surface area contributed by atoms with Crippen LogP contribution in [0.3, 0.4) is 0 Å². The Morgan fingerprint density at radius 2 is 1.42 bits per heavy atom. The first-order valence-corrected chi connectivity index (χ1v) is 7.17. The van der Waals surface area contributed by atoms with Gasteiger partial charge in [-0.25, -0.2) is 8.78 Å². The fourth-order valence-corrected chi connectivity index (χ4v) is 2.29. The van der Waals surface area contributed by atoms with Crippen LogP contribution in [0.5, 0.6) is 0 Å². The predicted octanol–water partition coefficient (Wildman–Crippen LogP) is 4.82. The minimum absolute atomic E-state index is 0.0660. The van der Waals surface area contributed by atoms with Crippen LogP contribution in [0.4, 0.5) is 14.5 Å². The molecule has 0 fully saturated rings. The molecule has 4 heteroatoms. The first-order chi connectivity index (χ1) is 8.85. The maximum absolute atomic E-state index is 14.1. The second-order valence-corrected chi connectivity index (χ2v) is 6.00. The number of benzene rings is 1. The molecule has 0 unspecified atom stereocenters. The van der Waals surface area contributed by atoms with Crippen LogP contribution in [0.25, 0.3) is 0 Å². The minimum Gasteiger partial charge on any atom is -0.366 e. The standard InChI is InChI=1S/C15H22ClF2N/c1-10(2)8-19(9-11(3)4)15-13(17)5-12(7-16)6-14(15)18/h5-6,10-11H,7-9H2,1-4H3. The van der Waals surface area contributed by atoms with Crippen LogP contribution >= 0.6 is 11.6 Å². The molecule has 0 saturated heterocycles. The topological polar surface area (TPSA) is 3.24 Å². The van der Waals surface area contributed by atoms with E-state index in [-0.39, 0.29) is 11.6 Å². The van der Waals surface area contributed by atoms with E-state index in [2.05, 4.69) is 0 Å². The summed E-state index contributed by atoms with van der Waals surface area (Å²) < 4.78 is 28.2. The highest BCUT2D eigenvalue weighted by atomic mass is 35.5. The van der Waals surface area contributed by atoms with Gasteiger partial charge in [0.1, 0.15) is 17.3 Å². The van der Waals surface area contributed by atoms with E-state index < -0.39 is 11.6 Å². The molecule has 1 rings (SSSR count). The molecular weight excluding hydrogens is 268 g/mol. The van der Waals surface area contributed by atoms with E-state index in [1.54, 1.807) is 4.90 Å². The van der Waals surface area contributed by atoms with E-state index in [9.17, 15) is 8.78 Å². The van der Waals surface area contributed by atoms with E-state index in [1.165, 1.54) is 12.1 Å². The van der Waals surface area contributed by atoms with Gasteiger partial charge in [0.05, 0.1) is 0 Å². The molecule has 0 radical (unpaired) electrons. The molecule has 0 amide bonds. The summed E-state index contributed by atoms with van der Waals surface area (Å²) in [4.78, 5) is 1.79. The van der Waals surface area contributed by atoms with Crippen molar-refractivity contribution in [3.8, 4) is 0 Å². The van der Waals surface area contributed by atoms with Crippen molar-refractivity contribution in [3.05, 3.63) is 29.3 Å². The maximum atomic E-state index is 14.1. The minimum atomic E-state index is -0.531. The molecule has 0 spiro atoms. The molecule has 108 valence electrons. The zero-order valence-corrected chi connectivity index (χ0v) is 12.8. The van der Waals surface area contributed by atoms with Gasteiger partial charge in [0, 0.05) is 19.0 Å². The van der Waals surface area contributed by atoms with Crippen molar-refractivity contribution in [2.75, 3.05) is 18.0 Å². The molecule has 0 heterocycles. The lowest BCUT2D eigenvalue weighted by molar-refractivity contribution is 0.516. The molecule has 1 aromatic carbocycles. The predicted molar refractivity (Wildman–Crippen MR) is 77.8 cm³/mol. The number of halogens is 3. The first-order valence-electron chi connectivity index (χ1n) is 6.64. The Labute approximate surface area is 119 Å². The van der Waals surface area contributed by atoms with Crippen LogP contribution < -0.4 is 4.90 Å². The number of anilines is 1. The van der Waals surface area contributed by atoms with E-state index in [0.29, 0.717) is 30.5 Å². The van der Waals surface area contributed by atoms with Crippen molar-refractivity contribution >= 4 is 17.3 Å². The van der Waals surface area contributed by atoms with Gasteiger partial charge in [-0.3, -0.25) is 0 Å². The van der Waals surface area contributed by atoms with Gasteiger partial charge in [0.15, 0.2) is 0 Å². The van der Waals surface area contributed by atoms with Gasteiger partial charge in [0.25, 0.3) is 0 Å². The number of alkyl halides is 1. The highest BCUT2D eigenvalue weighted by molar-refractivity contribution is 6.17. The third-order valence-electron chi connectivity index (χ3n) is 2.72. The largest absolute Gasteiger partial charge is 0.366 e. The third kappa shape index (κ3) is 4.64. The summed E-state index contributed by atoms with van der Waals surface area (Å²) in [6.07, 6.45) is 0. The van der Waals surface area contributed by atoms with Crippen LogP contribution in [0, 0.1) is 23.5 Å². The molecule has 0 saturated carbocycles. The van der Waals surface area contributed by atoms with Crippen molar-refractivity contribution < 1.29 is 8.78 Å². The van der Waals surface area contributed by atoms with E-state index in [1.807, 2.05) is 27.7 Å². The molecule has 0 N–H and O–H groups in total. The summed E-state index contributed by atoms with van der Waals surface area (Å²) in [7, 11) is 0. The Morgan fingerprint density at radius 3 is 1.74 bits per heavy atom. The third-order valence-corrected chi connectivity index (χ3v) is 3.03. The lowest BCUT2D eigenvalue weighted by Crippen LogP contribution is -2.32. The quantitative estimate of drug-likeness (QED) is 0.679. The van der Waals surface area contributed by atoms with Gasteiger partial charge in [-0.05, 0) is 29.5 Å². The van der Waals surface area contributed by atoms with Crippen LogP contribution in [0.2, 0.25) is 0 Å². The summed E-state index contributed by atoms with van der Waals surface area (Å²) in [6.45, 7) is 9.41. The molecule has 1 aromatic rings. The van der Waals surface area contributed by atoms with Crippen molar-refractivity contribution in [1.82, 2.24) is 0 Å². The van der Waals surface area contributed by atoms with E-state index >= 15 is 0 Å². The van der Waals surface area contributed by atoms with Crippen LogP contribution in [-0.2, 0) is 5.88 Å². The highest BCUT2D eigenvalue weighted by Gasteiger charge is 2.19. The normalized spacial score (nSPS) is 11.4. The van der Waals surface area contributed by atoms with Gasteiger partial charge in [-0.1, -0.05) is 27.7 Å². The van der Waals surface area contributed by atoms with Gasteiger partial charge in [-0.15, -0.1) is 11.6 Å². The van der Waals surface area contributed by atoms with Crippen molar-refractivity contribution in [2.24, 2.45) is 11.8 Å². The molecule has 19 heavy (non-hydrogen) atoms. The zero-order valence-electron chi connectivity index (χ0n) is 12.0. The Hall–Kier alpha value is -0.830. The Morgan fingerprint density at radius 1 is 1.00 bits per heavy atom. The first kappa shape index (κ1) is 16.2. The number of rotatable bonds is 6. The van der Waals surface area contributed by atoms with Gasteiger partial charge >= 0.3 is 0 Å². The molecule has 0 bridgehead atoms. The second-order valence-electron chi connectivity index (χ2n) is 5.73. The average Bonchev–Trinajstić information content (AvgIpc) is 2.25. The van der Waals surface area contributed by atoms with Crippen LogP contribution in [-0.4, -0.2) is 13.1 Å². The second kappa shape index (κ2) is 7.09. The lowest BCUT2D eigenvalue weighted by atomic mass is 10.1. The molecule has 0 aliphatic rings. The summed E-state index contributed by atoms with van der Waals surface area (Å²) in [5.74, 6) is -0.271. The fraction of sp³-hybridized carbons (Fsp3) is 0.600. The molecule has 0 atom stereocenters. The summed E-state index contributed by atoms with van der Waals surface area (Å²) in [5, 5.41) is 0. The molecule has 1 nitrogen and oxygen atoms in total. The number of nitrogens with zero attached hydrogens (tertiary/aromatic N) is 1. The maximum Gasteiger partial charge on any atom is 0.149 e. The Kier molecular flexibility index (Phi) is 6.05. The molecule has 0 aromatic heterocycles. The van der Waals surface area contributed by atoms with Crippen LogP contribution in [0.15, 0.2) is 12.1 Å². The fourth-order valence-electron chi connectivity index (χ4n) is 2.14. The van der Waals surface area contributed by atoms with Crippen molar-refractivity contribution in [3.63, 3.8) is 0 Å². The van der Waals surface area contributed by atoms with Crippen molar-refractivity contribution in [2.45, 2.75) is 33.6 Å². The van der Waals surface area contributed by atoms with E-state index in [0.717, 1.165) is 0 Å². The van der Waals surface area contributed by atoms with Crippen LogP contribution in [0.1, 0.15) is 33.3 Å². The lowest BCUT2D eigenvalue weighted by Gasteiger charge is -2.29. The van der Waals surface area contributed by atoms with Crippen molar-refractivity contribution in [1.29, 1.82) is 0 Å². The monoisotopic (exact) mass is 289 g/mol. The zero-order chi connectivity index (χ0) is 14.6. The van der Waals surface area contributed by atoms with Gasteiger partial charge in [0.2, 0.25) is 0 Å². The van der Waals surface area contributed by atoms with Gasteiger partial charge < -0.3 is 4.90 Å². The SMILES string of the molecule is CC(C)CN(CC(C)C)c1c(F)cc(CCl)cc1F. The molecular formula is C15H22ClF2N. The highest BCUT2D eigenvalue weighted by Crippen LogP contribution is 2.27. The smallest absolute Gasteiger partial charge is 0.149 e. The Bertz CT molecular complexity index is 386. The van der Waals surface area contributed by atoms with Gasteiger partial charge in [-0.2, -0.15) is 0 Å². The molecule has 0 aliphatic heterocycles. The Balaban J connectivity index is 3.14.